The molecule has 2 fully saturated rings. The quantitative estimate of drug-likeness (QED) is 0.829. The Balaban J connectivity index is 1.80. The topological polar surface area (TPSA) is 26.7 Å². The molecule has 0 aromatic heterocycles. The van der Waals surface area contributed by atoms with E-state index in [0.717, 1.165) is 12.5 Å². The van der Waals surface area contributed by atoms with E-state index in [0.29, 0.717) is 12.5 Å². The molecule has 2 aliphatic heterocycles. The molecule has 18 heavy (non-hydrogen) atoms. The van der Waals surface area contributed by atoms with E-state index in [1.807, 2.05) is 0 Å². The normalized spacial score (nSPS) is 27.0. The van der Waals surface area contributed by atoms with Crippen LogP contribution >= 0.6 is 0 Å². The van der Waals surface area contributed by atoms with Crippen LogP contribution in [-0.2, 0) is 0 Å². The fourth-order valence-corrected chi connectivity index (χ4v) is 3.51. The highest BCUT2D eigenvalue weighted by Gasteiger charge is 2.26. The summed E-state index contributed by atoms with van der Waals surface area (Å²) >= 11 is 0. The molecule has 0 spiro atoms. The SMILES string of the molecule is CN1CCC(C(CO)CN2CCCCCC2)CC1. The summed E-state index contributed by atoms with van der Waals surface area (Å²) in [7, 11) is 2.21. The second kappa shape index (κ2) is 7.46. The molecule has 0 aromatic carbocycles. The second-order valence-corrected chi connectivity index (χ2v) is 6.30. The fraction of sp³-hybridized carbons (Fsp3) is 1.00. The highest BCUT2D eigenvalue weighted by atomic mass is 16.3. The Morgan fingerprint density at radius 1 is 1.00 bits per heavy atom. The molecule has 1 atom stereocenters. The Bertz CT molecular complexity index is 219. The average molecular weight is 254 g/mol. The van der Waals surface area contributed by atoms with E-state index in [9.17, 15) is 5.11 Å². The van der Waals surface area contributed by atoms with Crippen LogP contribution in [0.1, 0.15) is 38.5 Å². The Morgan fingerprint density at radius 3 is 2.17 bits per heavy atom. The lowest BCUT2D eigenvalue weighted by atomic mass is 9.84. The molecule has 0 bridgehead atoms. The van der Waals surface area contributed by atoms with Gasteiger partial charge in [-0.1, -0.05) is 12.8 Å². The van der Waals surface area contributed by atoms with Gasteiger partial charge >= 0.3 is 0 Å². The van der Waals surface area contributed by atoms with Gasteiger partial charge < -0.3 is 14.9 Å². The molecule has 2 aliphatic rings. The number of rotatable bonds is 4. The highest BCUT2D eigenvalue weighted by Crippen LogP contribution is 2.25. The number of likely N-dealkylation sites (tertiary alicyclic amines) is 2. The maximum atomic E-state index is 9.70. The molecule has 1 unspecified atom stereocenters. The summed E-state index contributed by atoms with van der Waals surface area (Å²) in [4.78, 5) is 5.02. The predicted octanol–water partition coefficient (Wildman–Crippen LogP) is 1.81. The number of piperidine rings is 1. The third kappa shape index (κ3) is 4.22. The van der Waals surface area contributed by atoms with Gasteiger partial charge in [-0.05, 0) is 70.7 Å². The van der Waals surface area contributed by atoms with Crippen LogP contribution in [0.25, 0.3) is 0 Å². The third-order valence-corrected chi connectivity index (χ3v) is 4.86. The van der Waals surface area contributed by atoms with Crippen molar-refractivity contribution >= 4 is 0 Å². The molecular formula is C15H30N2O. The maximum absolute atomic E-state index is 9.70. The van der Waals surface area contributed by atoms with Gasteiger partial charge in [-0.25, -0.2) is 0 Å². The van der Waals surface area contributed by atoms with E-state index >= 15 is 0 Å². The maximum Gasteiger partial charge on any atom is 0.0474 e. The van der Waals surface area contributed by atoms with Crippen LogP contribution in [0.3, 0.4) is 0 Å². The summed E-state index contributed by atoms with van der Waals surface area (Å²) in [5.41, 5.74) is 0. The number of hydrogen-bond donors (Lipinski definition) is 1. The number of hydrogen-bond acceptors (Lipinski definition) is 3. The van der Waals surface area contributed by atoms with Gasteiger partial charge in [0.1, 0.15) is 0 Å². The van der Waals surface area contributed by atoms with Gasteiger partial charge in [-0.3, -0.25) is 0 Å². The van der Waals surface area contributed by atoms with Crippen molar-refractivity contribution in [2.75, 3.05) is 46.4 Å². The Labute approximate surface area is 112 Å². The second-order valence-electron chi connectivity index (χ2n) is 6.30. The minimum Gasteiger partial charge on any atom is -0.396 e. The monoisotopic (exact) mass is 254 g/mol. The largest absolute Gasteiger partial charge is 0.396 e. The summed E-state index contributed by atoms with van der Waals surface area (Å²) < 4.78 is 0. The van der Waals surface area contributed by atoms with Crippen LogP contribution in [0, 0.1) is 11.8 Å². The Hall–Kier alpha value is -0.120. The van der Waals surface area contributed by atoms with Crippen molar-refractivity contribution in [2.24, 2.45) is 11.8 Å². The van der Waals surface area contributed by atoms with Crippen molar-refractivity contribution in [1.82, 2.24) is 9.80 Å². The van der Waals surface area contributed by atoms with Gasteiger partial charge in [0.05, 0.1) is 0 Å². The number of aliphatic hydroxyl groups excluding tert-OH is 1. The van der Waals surface area contributed by atoms with Crippen LogP contribution in [0.2, 0.25) is 0 Å². The molecule has 2 heterocycles. The number of nitrogens with zero attached hydrogens (tertiary/aromatic N) is 2. The molecule has 0 radical (unpaired) electrons. The number of aliphatic hydroxyl groups is 1. The zero-order chi connectivity index (χ0) is 12.8. The predicted molar refractivity (Wildman–Crippen MR) is 75.7 cm³/mol. The van der Waals surface area contributed by atoms with Gasteiger partial charge in [-0.15, -0.1) is 0 Å². The van der Waals surface area contributed by atoms with Crippen LogP contribution in [0.4, 0.5) is 0 Å². The molecule has 1 N–H and O–H groups in total. The van der Waals surface area contributed by atoms with E-state index in [1.165, 1.54) is 64.7 Å². The van der Waals surface area contributed by atoms with Gasteiger partial charge in [0.25, 0.3) is 0 Å². The van der Waals surface area contributed by atoms with Gasteiger partial charge in [0, 0.05) is 13.2 Å². The molecule has 0 amide bonds. The van der Waals surface area contributed by atoms with Crippen molar-refractivity contribution in [3.63, 3.8) is 0 Å². The Kier molecular flexibility index (Phi) is 5.93. The molecule has 3 heteroatoms. The summed E-state index contributed by atoms with van der Waals surface area (Å²) in [6, 6.07) is 0. The lowest BCUT2D eigenvalue weighted by molar-refractivity contribution is 0.0862. The zero-order valence-electron chi connectivity index (χ0n) is 12.0. The molecule has 0 aromatic rings. The smallest absolute Gasteiger partial charge is 0.0474 e. The summed E-state index contributed by atoms with van der Waals surface area (Å²) in [5.74, 6) is 1.26. The van der Waals surface area contributed by atoms with E-state index in [-0.39, 0.29) is 0 Å². The van der Waals surface area contributed by atoms with E-state index in [4.69, 9.17) is 0 Å². The minimum atomic E-state index is 0.380. The first-order valence-electron chi connectivity index (χ1n) is 7.81. The van der Waals surface area contributed by atoms with Crippen molar-refractivity contribution < 1.29 is 5.11 Å². The summed E-state index contributed by atoms with van der Waals surface area (Å²) in [6.07, 6.45) is 8.05. The summed E-state index contributed by atoms with van der Waals surface area (Å²) in [6.45, 7) is 6.43. The van der Waals surface area contributed by atoms with Crippen molar-refractivity contribution in [2.45, 2.75) is 38.5 Å². The highest BCUT2D eigenvalue weighted by molar-refractivity contribution is 4.79. The molecule has 3 nitrogen and oxygen atoms in total. The first-order valence-corrected chi connectivity index (χ1v) is 7.81. The molecule has 0 saturated carbocycles. The average Bonchev–Trinajstić information content (AvgIpc) is 2.66. The van der Waals surface area contributed by atoms with Crippen LogP contribution in [0.5, 0.6) is 0 Å². The van der Waals surface area contributed by atoms with Gasteiger partial charge in [0.15, 0.2) is 0 Å². The van der Waals surface area contributed by atoms with Crippen molar-refractivity contribution in [3.8, 4) is 0 Å². The van der Waals surface area contributed by atoms with Crippen LogP contribution in [0.15, 0.2) is 0 Å². The Morgan fingerprint density at radius 2 is 1.61 bits per heavy atom. The van der Waals surface area contributed by atoms with Gasteiger partial charge in [0.2, 0.25) is 0 Å². The first kappa shape index (κ1) is 14.3. The van der Waals surface area contributed by atoms with Crippen molar-refractivity contribution in [1.29, 1.82) is 0 Å². The minimum absolute atomic E-state index is 0.380. The first-order chi connectivity index (χ1) is 8.79. The van der Waals surface area contributed by atoms with Crippen LogP contribution in [-0.4, -0.2) is 61.3 Å². The lowest BCUT2D eigenvalue weighted by Crippen LogP contribution is -2.40. The molecule has 2 rings (SSSR count). The zero-order valence-corrected chi connectivity index (χ0v) is 12.0. The lowest BCUT2D eigenvalue weighted by Gasteiger charge is -2.36. The molecule has 106 valence electrons. The van der Waals surface area contributed by atoms with Gasteiger partial charge in [-0.2, -0.15) is 0 Å². The van der Waals surface area contributed by atoms with Crippen LogP contribution < -0.4 is 0 Å². The van der Waals surface area contributed by atoms with Crippen molar-refractivity contribution in [3.05, 3.63) is 0 Å². The van der Waals surface area contributed by atoms with E-state index in [2.05, 4.69) is 16.8 Å². The molecular weight excluding hydrogens is 224 g/mol. The van der Waals surface area contributed by atoms with E-state index in [1.54, 1.807) is 0 Å². The summed E-state index contributed by atoms with van der Waals surface area (Å²) in [5, 5.41) is 9.70. The van der Waals surface area contributed by atoms with E-state index < -0.39 is 0 Å². The fourth-order valence-electron chi connectivity index (χ4n) is 3.51. The molecule has 0 aliphatic carbocycles. The molecule has 2 saturated heterocycles. The third-order valence-electron chi connectivity index (χ3n) is 4.86. The standard InChI is InChI=1S/C15H30N2O/c1-16-10-6-14(7-11-16)15(13-18)12-17-8-4-2-3-5-9-17/h14-15,18H,2-13H2,1H3.